The van der Waals surface area contributed by atoms with E-state index >= 15 is 0 Å². The molecule has 0 radical (unpaired) electrons. The van der Waals surface area contributed by atoms with Crippen LogP contribution < -0.4 is 25.4 Å². The number of carbonyl (C=O) groups is 1. The molecule has 3 N–H and O–H groups in total. The van der Waals surface area contributed by atoms with Gasteiger partial charge in [-0.05, 0) is 30.9 Å². The van der Waals surface area contributed by atoms with Gasteiger partial charge in [-0.1, -0.05) is 29.8 Å². The highest BCUT2D eigenvalue weighted by Crippen LogP contribution is 2.46. The summed E-state index contributed by atoms with van der Waals surface area (Å²) in [7, 11) is 3.07. The van der Waals surface area contributed by atoms with E-state index in [1.165, 1.54) is 33.1 Å². The Bertz CT molecular complexity index is 1490. The molecule has 4 heterocycles. The van der Waals surface area contributed by atoms with Gasteiger partial charge in [0.25, 0.3) is 0 Å². The number of likely N-dealkylation sites (tertiary alicyclic amines) is 1. The molecule has 2 aliphatic heterocycles. The molecule has 2 atom stereocenters. The number of ether oxygens (including phenoxy) is 3. The number of nitrogens with zero attached hydrogens (tertiary/aromatic N) is 4. The lowest BCUT2D eigenvalue weighted by atomic mass is 10.1. The zero-order valence-electron chi connectivity index (χ0n) is 23.5. The summed E-state index contributed by atoms with van der Waals surface area (Å²) in [5, 5.41) is 11.4. The molecule has 3 aromatic rings. The first-order valence-electron chi connectivity index (χ1n) is 13.9. The average Bonchev–Trinajstić information content (AvgIpc) is 3.72. The van der Waals surface area contributed by atoms with Crippen LogP contribution in [0.4, 0.5) is 11.8 Å². The molecule has 42 heavy (non-hydrogen) atoms. The van der Waals surface area contributed by atoms with Crippen LogP contribution in [-0.2, 0) is 9.53 Å². The van der Waals surface area contributed by atoms with Crippen molar-refractivity contribution in [2.24, 2.45) is 5.92 Å². The number of hydrogen-bond donors (Lipinski definition) is 3. The van der Waals surface area contributed by atoms with E-state index in [1.54, 1.807) is 12.3 Å². The molecule has 11 nitrogen and oxygen atoms in total. The smallest absolute Gasteiger partial charge is 0.243 e. The van der Waals surface area contributed by atoms with E-state index in [-0.39, 0.29) is 18.0 Å². The number of hydrogen-bond acceptors (Lipinski definition) is 10. The molecular weight excluding hydrogens is 581 g/mol. The minimum Gasteiger partial charge on any atom is -0.495 e. The zero-order chi connectivity index (χ0) is 29.4. The van der Waals surface area contributed by atoms with Crippen LogP contribution in [0.25, 0.3) is 22.2 Å². The van der Waals surface area contributed by atoms with Gasteiger partial charge in [-0.2, -0.15) is 0 Å². The molecule has 222 valence electrons. The third-order valence-electron chi connectivity index (χ3n) is 7.96. The number of amides is 1. The van der Waals surface area contributed by atoms with Gasteiger partial charge < -0.3 is 30.2 Å². The Morgan fingerprint density at radius 2 is 1.83 bits per heavy atom. The van der Waals surface area contributed by atoms with Crippen molar-refractivity contribution in [3.8, 4) is 22.8 Å². The van der Waals surface area contributed by atoms with E-state index in [9.17, 15) is 4.79 Å². The third-order valence-corrected chi connectivity index (χ3v) is 8.71. The largest absolute Gasteiger partial charge is 0.495 e. The molecule has 2 saturated heterocycles. The van der Waals surface area contributed by atoms with Gasteiger partial charge in [0.2, 0.25) is 11.9 Å². The van der Waals surface area contributed by atoms with Crippen molar-refractivity contribution in [2.45, 2.75) is 31.0 Å². The van der Waals surface area contributed by atoms with Crippen molar-refractivity contribution in [2.75, 3.05) is 57.7 Å². The number of fused-ring (bicyclic) bond motifs is 1. The SMILES string of the molecule is C=CC(=O)N[C@H]1CN(C2COC2)C[C@H]1Nc1ncc2cc(-c3c(Cl)c(OC)cc(OC)c3Cl)nc(NCC3CC3)c2n1. The van der Waals surface area contributed by atoms with Gasteiger partial charge in [-0.25, -0.2) is 15.0 Å². The fraction of sp³-hybridized carbons (Fsp3) is 0.448. The Morgan fingerprint density at radius 3 is 2.45 bits per heavy atom. The zero-order valence-corrected chi connectivity index (χ0v) is 25.0. The number of benzene rings is 1. The molecule has 0 unspecified atom stereocenters. The van der Waals surface area contributed by atoms with Gasteiger partial charge in [-0.15, -0.1) is 0 Å². The van der Waals surface area contributed by atoms with Crippen molar-refractivity contribution in [1.82, 2.24) is 25.2 Å². The maximum absolute atomic E-state index is 12.2. The minimum atomic E-state index is -0.215. The molecule has 1 aromatic carbocycles. The lowest BCUT2D eigenvalue weighted by Crippen LogP contribution is -2.49. The lowest BCUT2D eigenvalue weighted by Gasteiger charge is -2.34. The van der Waals surface area contributed by atoms with E-state index in [0.29, 0.717) is 81.8 Å². The minimum absolute atomic E-state index is 0.107. The highest BCUT2D eigenvalue weighted by atomic mass is 35.5. The van der Waals surface area contributed by atoms with Crippen LogP contribution >= 0.6 is 23.2 Å². The maximum Gasteiger partial charge on any atom is 0.243 e. The number of carbonyl (C=O) groups excluding carboxylic acids is 1. The van der Waals surface area contributed by atoms with Crippen molar-refractivity contribution in [3.63, 3.8) is 0 Å². The molecular formula is C29H33Cl2N7O4. The highest BCUT2D eigenvalue weighted by molar-refractivity contribution is 6.41. The second kappa shape index (κ2) is 12.1. The van der Waals surface area contributed by atoms with E-state index in [1.807, 2.05) is 6.07 Å². The Labute approximate surface area is 253 Å². The van der Waals surface area contributed by atoms with Crippen LogP contribution in [0.5, 0.6) is 11.5 Å². The summed E-state index contributed by atoms with van der Waals surface area (Å²) in [4.78, 5) is 28.9. The van der Waals surface area contributed by atoms with Crippen LogP contribution in [0.15, 0.2) is 31.0 Å². The maximum atomic E-state index is 12.2. The van der Waals surface area contributed by atoms with E-state index in [2.05, 4.69) is 32.4 Å². The topological polar surface area (TPSA) is 123 Å². The number of methoxy groups -OCH3 is 2. The molecule has 3 aliphatic rings. The van der Waals surface area contributed by atoms with Crippen molar-refractivity contribution in [3.05, 3.63) is 41.0 Å². The van der Waals surface area contributed by atoms with Crippen LogP contribution in [0.2, 0.25) is 10.0 Å². The molecule has 1 saturated carbocycles. The lowest BCUT2D eigenvalue weighted by molar-refractivity contribution is -0.117. The number of nitrogens with one attached hydrogen (secondary N) is 3. The average molecular weight is 615 g/mol. The Kier molecular flexibility index (Phi) is 8.26. The van der Waals surface area contributed by atoms with Gasteiger partial charge in [0.1, 0.15) is 17.0 Å². The van der Waals surface area contributed by atoms with E-state index in [0.717, 1.165) is 18.5 Å². The summed E-state index contributed by atoms with van der Waals surface area (Å²) in [5.74, 6) is 2.28. The number of halogens is 2. The first-order chi connectivity index (χ1) is 20.4. The fourth-order valence-electron chi connectivity index (χ4n) is 5.30. The molecule has 1 aliphatic carbocycles. The molecule has 3 fully saturated rings. The monoisotopic (exact) mass is 613 g/mol. The first kappa shape index (κ1) is 28.7. The first-order valence-corrected chi connectivity index (χ1v) is 14.7. The molecule has 0 bridgehead atoms. The highest BCUT2D eigenvalue weighted by Gasteiger charge is 2.39. The standard InChI is InChI=1S/C29H33Cl2N7O4/c1-4-23(39)34-19-11-38(17-13-42-14-17)12-20(19)36-29-33-10-16-7-18(35-28(27(16)37-29)32-9-15-5-6-15)24-25(30)21(40-2)8-22(41-3)26(24)31/h4,7-8,10,15,17,19-20H,1,5-6,9,11-14H2,2-3H3,(H,32,35)(H,34,39)(H,33,36,37)/t19-,20+/m0/s1. The molecule has 6 rings (SSSR count). The van der Waals surface area contributed by atoms with Crippen LogP contribution in [0.3, 0.4) is 0 Å². The second-order valence-electron chi connectivity index (χ2n) is 10.8. The van der Waals surface area contributed by atoms with Crippen molar-refractivity contribution < 1.29 is 19.0 Å². The number of rotatable bonds is 11. The quantitative estimate of drug-likeness (QED) is 0.273. The summed E-state index contributed by atoms with van der Waals surface area (Å²) in [6.07, 6.45) is 5.40. The van der Waals surface area contributed by atoms with Crippen LogP contribution in [0, 0.1) is 5.92 Å². The van der Waals surface area contributed by atoms with Gasteiger partial charge in [0.15, 0.2) is 5.82 Å². The second-order valence-corrected chi connectivity index (χ2v) is 11.6. The fourth-order valence-corrected chi connectivity index (χ4v) is 5.99. The van der Waals surface area contributed by atoms with Gasteiger partial charge in [0, 0.05) is 42.8 Å². The summed E-state index contributed by atoms with van der Waals surface area (Å²) in [6.45, 7) is 7.17. The van der Waals surface area contributed by atoms with E-state index in [4.69, 9.17) is 47.4 Å². The predicted molar refractivity (Wildman–Crippen MR) is 163 cm³/mol. The van der Waals surface area contributed by atoms with Gasteiger partial charge in [-0.3, -0.25) is 9.69 Å². The van der Waals surface area contributed by atoms with E-state index < -0.39 is 0 Å². The number of aromatic nitrogens is 3. The molecule has 13 heteroatoms. The molecule has 2 aromatic heterocycles. The third kappa shape index (κ3) is 5.78. The Balaban J connectivity index is 1.35. The summed E-state index contributed by atoms with van der Waals surface area (Å²) in [6, 6.07) is 3.59. The number of pyridine rings is 1. The predicted octanol–water partition coefficient (Wildman–Crippen LogP) is 4.00. The summed E-state index contributed by atoms with van der Waals surface area (Å²) >= 11 is 13.5. The molecule has 0 spiro atoms. The number of anilines is 2. The van der Waals surface area contributed by atoms with Crippen LogP contribution in [0.1, 0.15) is 12.8 Å². The normalized spacial score (nSPS) is 20.7. The van der Waals surface area contributed by atoms with Crippen LogP contribution in [-0.4, -0.2) is 91.0 Å². The Hall–Kier alpha value is -3.38. The van der Waals surface area contributed by atoms with Crippen molar-refractivity contribution in [1.29, 1.82) is 0 Å². The summed E-state index contributed by atoms with van der Waals surface area (Å²) < 4.78 is 16.3. The van der Waals surface area contributed by atoms with Crippen molar-refractivity contribution >= 4 is 51.8 Å². The molecule has 1 amide bonds. The van der Waals surface area contributed by atoms with Gasteiger partial charge >= 0.3 is 0 Å². The summed E-state index contributed by atoms with van der Waals surface area (Å²) in [5.41, 5.74) is 1.70. The Morgan fingerprint density at radius 1 is 1.12 bits per heavy atom. The van der Waals surface area contributed by atoms with Gasteiger partial charge in [0.05, 0.1) is 61.3 Å².